The standard InChI is InChI=1S/C8H16O3S/c1-4-11-7(10)8(2,3)12-6-5-9/h9H,4-6H2,1-3H3. The summed E-state index contributed by atoms with van der Waals surface area (Å²) < 4.78 is 4.32. The minimum Gasteiger partial charge on any atom is -0.465 e. The molecular formula is C8H16O3S. The molecule has 72 valence electrons. The molecule has 0 radical (unpaired) electrons. The monoisotopic (exact) mass is 192 g/mol. The van der Waals surface area contributed by atoms with Crippen LogP contribution >= 0.6 is 11.8 Å². The zero-order valence-electron chi connectivity index (χ0n) is 7.79. The normalized spacial score (nSPS) is 11.3. The second-order valence-corrected chi connectivity index (χ2v) is 4.52. The first kappa shape index (κ1) is 11.8. The molecule has 0 saturated carbocycles. The lowest BCUT2D eigenvalue weighted by molar-refractivity contribution is -0.145. The maximum Gasteiger partial charge on any atom is 0.321 e. The van der Waals surface area contributed by atoms with Crippen LogP contribution < -0.4 is 0 Å². The number of carbonyl (C=O) groups excluding carboxylic acids is 1. The van der Waals surface area contributed by atoms with E-state index in [1.165, 1.54) is 11.8 Å². The summed E-state index contributed by atoms with van der Waals surface area (Å²) in [6.45, 7) is 5.87. The molecule has 0 bridgehead atoms. The molecule has 0 heterocycles. The molecule has 0 amide bonds. The van der Waals surface area contributed by atoms with Crippen LogP contribution in [0.25, 0.3) is 0 Å². The number of aliphatic hydroxyl groups is 1. The van der Waals surface area contributed by atoms with Gasteiger partial charge in [-0.3, -0.25) is 4.79 Å². The topological polar surface area (TPSA) is 46.5 Å². The Labute approximate surface area is 77.5 Å². The number of hydrogen-bond acceptors (Lipinski definition) is 4. The van der Waals surface area contributed by atoms with Crippen LogP contribution in [-0.4, -0.2) is 34.8 Å². The number of aliphatic hydroxyl groups excluding tert-OH is 1. The van der Waals surface area contributed by atoms with Gasteiger partial charge in [0.1, 0.15) is 4.75 Å². The van der Waals surface area contributed by atoms with Gasteiger partial charge in [-0.15, -0.1) is 11.8 Å². The second-order valence-electron chi connectivity index (χ2n) is 2.80. The first-order chi connectivity index (χ1) is 5.54. The summed E-state index contributed by atoms with van der Waals surface area (Å²) in [6.07, 6.45) is 0. The Kier molecular flexibility index (Phi) is 5.33. The van der Waals surface area contributed by atoms with E-state index >= 15 is 0 Å². The fourth-order valence-corrected chi connectivity index (χ4v) is 1.44. The molecule has 0 atom stereocenters. The molecule has 0 rings (SSSR count). The number of esters is 1. The molecule has 0 unspecified atom stereocenters. The highest BCUT2D eigenvalue weighted by Crippen LogP contribution is 2.25. The van der Waals surface area contributed by atoms with Crippen molar-refractivity contribution < 1.29 is 14.6 Å². The van der Waals surface area contributed by atoms with Gasteiger partial charge in [0.05, 0.1) is 13.2 Å². The maximum absolute atomic E-state index is 11.2. The van der Waals surface area contributed by atoms with E-state index < -0.39 is 4.75 Å². The van der Waals surface area contributed by atoms with Gasteiger partial charge in [-0.25, -0.2) is 0 Å². The molecular weight excluding hydrogens is 176 g/mol. The average molecular weight is 192 g/mol. The summed E-state index contributed by atoms with van der Waals surface area (Å²) in [5, 5.41) is 8.57. The van der Waals surface area contributed by atoms with Gasteiger partial charge in [-0.1, -0.05) is 0 Å². The van der Waals surface area contributed by atoms with Crippen LogP contribution in [0.5, 0.6) is 0 Å². The Hall–Kier alpha value is -0.220. The number of thioether (sulfide) groups is 1. The summed E-state index contributed by atoms with van der Waals surface area (Å²) in [5.41, 5.74) is 0. The number of rotatable bonds is 5. The third-order valence-corrected chi connectivity index (χ3v) is 2.60. The van der Waals surface area contributed by atoms with Crippen LogP contribution in [0.4, 0.5) is 0 Å². The molecule has 0 spiro atoms. The van der Waals surface area contributed by atoms with Crippen molar-refractivity contribution in [3.63, 3.8) is 0 Å². The van der Waals surface area contributed by atoms with Crippen molar-refractivity contribution in [3.8, 4) is 0 Å². The van der Waals surface area contributed by atoms with Crippen LogP contribution in [0.3, 0.4) is 0 Å². The average Bonchev–Trinajstić information content (AvgIpc) is 2.01. The molecule has 0 aliphatic heterocycles. The van der Waals surface area contributed by atoms with Gasteiger partial charge in [0.2, 0.25) is 0 Å². The molecule has 0 saturated heterocycles. The molecule has 0 aliphatic rings. The summed E-state index contributed by atoms with van der Waals surface area (Å²) >= 11 is 1.40. The summed E-state index contributed by atoms with van der Waals surface area (Å²) in [6, 6.07) is 0. The quantitative estimate of drug-likeness (QED) is 0.661. The van der Waals surface area contributed by atoms with Crippen LogP contribution in [0.2, 0.25) is 0 Å². The van der Waals surface area contributed by atoms with Crippen molar-refractivity contribution in [3.05, 3.63) is 0 Å². The van der Waals surface area contributed by atoms with Crippen molar-refractivity contribution in [1.29, 1.82) is 0 Å². The van der Waals surface area contributed by atoms with E-state index in [1.54, 1.807) is 20.8 Å². The predicted octanol–water partition coefficient (Wildman–Crippen LogP) is 1.05. The third-order valence-electron chi connectivity index (χ3n) is 1.32. The van der Waals surface area contributed by atoms with Gasteiger partial charge >= 0.3 is 5.97 Å². The zero-order valence-corrected chi connectivity index (χ0v) is 8.61. The molecule has 0 aromatic rings. The zero-order chi connectivity index (χ0) is 9.61. The second kappa shape index (κ2) is 5.43. The molecule has 0 aromatic heterocycles. The minimum absolute atomic E-state index is 0.0908. The van der Waals surface area contributed by atoms with Crippen molar-refractivity contribution in [2.75, 3.05) is 19.0 Å². The van der Waals surface area contributed by atoms with Gasteiger partial charge in [-0.05, 0) is 20.8 Å². The van der Waals surface area contributed by atoms with E-state index in [0.29, 0.717) is 12.4 Å². The predicted molar refractivity (Wildman–Crippen MR) is 50.3 cm³/mol. The minimum atomic E-state index is -0.543. The van der Waals surface area contributed by atoms with Crippen LogP contribution in [0, 0.1) is 0 Å². The van der Waals surface area contributed by atoms with Gasteiger partial charge in [0.25, 0.3) is 0 Å². The fourth-order valence-electron chi connectivity index (χ4n) is 0.665. The Morgan fingerprint density at radius 2 is 2.17 bits per heavy atom. The van der Waals surface area contributed by atoms with Crippen LogP contribution in [0.15, 0.2) is 0 Å². The van der Waals surface area contributed by atoms with E-state index in [1.807, 2.05) is 0 Å². The molecule has 3 nitrogen and oxygen atoms in total. The Bertz CT molecular complexity index is 145. The molecule has 1 N–H and O–H groups in total. The Morgan fingerprint density at radius 3 is 2.58 bits per heavy atom. The lowest BCUT2D eigenvalue weighted by atomic mass is 10.2. The Morgan fingerprint density at radius 1 is 1.58 bits per heavy atom. The van der Waals surface area contributed by atoms with Gasteiger partial charge in [0, 0.05) is 5.75 Å². The van der Waals surface area contributed by atoms with E-state index in [4.69, 9.17) is 9.84 Å². The summed E-state index contributed by atoms with van der Waals surface area (Å²) in [7, 11) is 0. The van der Waals surface area contributed by atoms with Crippen molar-refractivity contribution in [2.24, 2.45) is 0 Å². The van der Waals surface area contributed by atoms with Crippen molar-refractivity contribution in [2.45, 2.75) is 25.5 Å². The number of ether oxygens (including phenoxy) is 1. The van der Waals surface area contributed by atoms with E-state index in [9.17, 15) is 4.79 Å². The van der Waals surface area contributed by atoms with Crippen molar-refractivity contribution in [1.82, 2.24) is 0 Å². The van der Waals surface area contributed by atoms with Crippen molar-refractivity contribution >= 4 is 17.7 Å². The lowest BCUT2D eigenvalue weighted by Gasteiger charge is -2.20. The molecule has 0 aromatic carbocycles. The SMILES string of the molecule is CCOC(=O)C(C)(C)SCCO. The Balaban J connectivity index is 3.90. The smallest absolute Gasteiger partial charge is 0.321 e. The number of hydrogen-bond donors (Lipinski definition) is 1. The highest BCUT2D eigenvalue weighted by molar-refractivity contribution is 8.01. The molecule has 12 heavy (non-hydrogen) atoms. The number of carbonyl (C=O) groups is 1. The van der Waals surface area contributed by atoms with E-state index in [-0.39, 0.29) is 12.6 Å². The first-order valence-corrected chi connectivity index (χ1v) is 4.95. The first-order valence-electron chi connectivity index (χ1n) is 3.96. The molecule has 0 fully saturated rings. The van der Waals surface area contributed by atoms with E-state index in [2.05, 4.69) is 0 Å². The van der Waals surface area contributed by atoms with Crippen LogP contribution in [0.1, 0.15) is 20.8 Å². The third kappa shape index (κ3) is 3.97. The molecule has 0 aliphatic carbocycles. The maximum atomic E-state index is 11.2. The highest BCUT2D eigenvalue weighted by atomic mass is 32.2. The van der Waals surface area contributed by atoms with Gasteiger partial charge in [0.15, 0.2) is 0 Å². The lowest BCUT2D eigenvalue weighted by Crippen LogP contribution is -2.30. The summed E-state index contributed by atoms with van der Waals surface area (Å²) in [5.74, 6) is 0.342. The van der Waals surface area contributed by atoms with E-state index in [0.717, 1.165) is 0 Å². The van der Waals surface area contributed by atoms with Crippen LogP contribution in [-0.2, 0) is 9.53 Å². The fraction of sp³-hybridized carbons (Fsp3) is 0.875. The highest BCUT2D eigenvalue weighted by Gasteiger charge is 2.29. The largest absolute Gasteiger partial charge is 0.465 e. The van der Waals surface area contributed by atoms with Gasteiger partial charge < -0.3 is 9.84 Å². The summed E-state index contributed by atoms with van der Waals surface area (Å²) in [4.78, 5) is 11.2. The molecule has 4 heteroatoms. The van der Waals surface area contributed by atoms with Gasteiger partial charge in [-0.2, -0.15) is 0 Å².